The van der Waals surface area contributed by atoms with Crippen molar-refractivity contribution in [3.8, 4) is 17.2 Å². The molecule has 240 valence electrons. The summed E-state index contributed by atoms with van der Waals surface area (Å²) in [5.41, 5.74) is 4.64. The molecule has 10 nitrogen and oxygen atoms in total. The van der Waals surface area contributed by atoms with Crippen molar-refractivity contribution in [3.05, 3.63) is 82.5 Å². The number of aromatic amines is 1. The number of fused-ring (bicyclic) bond motifs is 1. The molecule has 1 aliphatic heterocycles. The number of carbonyl (C=O) groups excluding carboxylic acids is 2. The predicted molar refractivity (Wildman–Crippen MR) is 182 cm³/mol. The molecule has 0 spiro atoms. The largest absolute Gasteiger partial charge is 0.465 e. The molecule has 0 saturated carbocycles. The number of nitrogens with one attached hydrogen (secondary N) is 3. The van der Waals surface area contributed by atoms with Gasteiger partial charge in [0.15, 0.2) is 0 Å². The highest BCUT2D eigenvalue weighted by Gasteiger charge is 2.29. The van der Waals surface area contributed by atoms with Crippen LogP contribution in [-0.4, -0.2) is 68.1 Å². The Morgan fingerprint density at radius 2 is 1.78 bits per heavy atom. The first kappa shape index (κ1) is 32.9. The molecule has 0 bridgehead atoms. The van der Waals surface area contributed by atoms with Crippen LogP contribution in [0.15, 0.2) is 71.3 Å². The number of nitriles is 1. The predicted octanol–water partition coefficient (Wildman–Crippen LogP) is 6.66. The summed E-state index contributed by atoms with van der Waals surface area (Å²) in [5, 5.41) is 17.5. The number of rotatable bonds is 9. The van der Waals surface area contributed by atoms with Gasteiger partial charge in [-0.2, -0.15) is 5.26 Å². The molecule has 0 radical (unpaired) electrons. The van der Waals surface area contributed by atoms with Gasteiger partial charge in [0.1, 0.15) is 11.6 Å². The number of carbonyl (C=O) groups is 2. The molecule has 0 unspecified atom stereocenters. The van der Waals surface area contributed by atoms with Crippen molar-refractivity contribution in [2.45, 2.75) is 44.9 Å². The van der Waals surface area contributed by atoms with Crippen LogP contribution >= 0.6 is 15.9 Å². The van der Waals surface area contributed by atoms with Gasteiger partial charge >= 0.3 is 12.1 Å². The van der Waals surface area contributed by atoms with Gasteiger partial charge in [0.05, 0.1) is 38.0 Å². The third kappa shape index (κ3) is 8.00. The van der Waals surface area contributed by atoms with E-state index in [0.717, 1.165) is 50.8 Å². The molecule has 46 heavy (non-hydrogen) atoms. The van der Waals surface area contributed by atoms with Crippen LogP contribution in [0.2, 0.25) is 0 Å². The van der Waals surface area contributed by atoms with Gasteiger partial charge in [0.2, 0.25) is 0 Å². The number of methoxy groups -OCH3 is 1. The normalized spacial score (nSPS) is 14.7. The summed E-state index contributed by atoms with van der Waals surface area (Å²) < 4.78 is 17.0. The molecular formula is C35H38BrN5O5. The average Bonchev–Trinajstić information content (AvgIpc) is 3.44. The summed E-state index contributed by atoms with van der Waals surface area (Å²) in [4.78, 5) is 31.5. The molecule has 1 aliphatic rings. The third-order valence-electron chi connectivity index (χ3n) is 7.73. The Morgan fingerprint density at radius 3 is 2.46 bits per heavy atom. The van der Waals surface area contributed by atoms with E-state index in [4.69, 9.17) is 14.2 Å². The molecule has 1 aromatic heterocycles. The molecule has 1 amide bonds. The Labute approximate surface area is 277 Å². The van der Waals surface area contributed by atoms with E-state index < -0.39 is 29.7 Å². The van der Waals surface area contributed by atoms with Crippen molar-refractivity contribution in [2.75, 3.05) is 43.6 Å². The number of ether oxygens (including phenoxy) is 3. The van der Waals surface area contributed by atoms with Crippen LogP contribution in [0, 0.1) is 11.3 Å². The first-order valence-electron chi connectivity index (χ1n) is 15.1. The quantitative estimate of drug-likeness (QED) is 0.167. The summed E-state index contributed by atoms with van der Waals surface area (Å²) in [5.74, 6) is -0.552. The monoisotopic (exact) mass is 687 g/mol. The number of hydrogen-bond acceptors (Lipinski definition) is 8. The van der Waals surface area contributed by atoms with E-state index in [0.29, 0.717) is 25.3 Å². The van der Waals surface area contributed by atoms with Crippen molar-refractivity contribution in [2.24, 2.45) is 0 Å². The van der Waals surface area contributed by atoms with Crippen molar-refractivity contribution in [1.29, 1.82) is 5.26 Å². The van der Waals surface area contributed by atoms with Crippen LogP contribution < -0.4 is 15.5 Å². The summed E-state index contributed by atoms with van der Waals surface area (Å²) in [6, 6.07) is 20.1. The van der Waals surface area contributed by atoms with Crippen LogP contribution in [-0.2, 0) is 20.6 Å². The molecule has 4 aromatic rings. The maximum absolute atomic E-state index is 13.0. The third-order valence-corrected chi connectivity index (χ3v) is 8.22. The lowest BCUT2D eigenvalue weighted by molar-refractivity contribution is 0.0501. The zero-order chi connectivity index (χ0) is 32.8. The first-order valence-corrected chi connectivity index (χ1v) is 15.9. The fourth-order valence-corrected chi connectivity index (χ4v) is 5.83. The SMILES string of the molecule is COC(=O)c1cc(-c2ccc(N3CCOCC3)cc2)ccc1N[C@@H](C#N)[C@H](Cc1c[nH]c2ccc(Br)cc12)NC(=O)OC(C)(C)C. The van der Waals surface area contributed by atoms with Gasteiger partial charge in [0.25, 0.3) is 0 Å². The Bertz CT molecular complexity index is 1740. The Balaban J connectivity index is 1.43. The lowest BCUT2D eigenvalue weighted by Crippen LogP contribution is -2.49. The van der Waals surface area contributed by atoms with Gasteiger partial charge in [-0.3, -0.25) is 0 Å². The molecular weight excluding hydrogens is 650 g/mol. The van der Waals surface area contributed by atoms with Crippen molar-refractivity contribution >= 4 is 50.3 Å². The first-order chi connectivity index (χ1) is 22.0. The van der Waals surface area contributed by atoms with Gasteiger partial charge in [-0.15, -0.1) is 0 Å². The van der Waals surface area contributed by atoms with Crippen LogP contribution in [0.5, 0.6) is 0 Å². The number of nitrogens with zero attached hydrogens (tertiary/aromatic N) is 2. The van der Waals surface area contributed by atoms with Crippen LogP contribution in [0.4, 0.5) is 16.2 Å². The molecule has 1 fully saturated rings. The Morgan fingerprint density at radius 1 is 1.07 bits per heavy atom. The number of amides is 1. The lowest BCUT2D eigenvalue weighted by atomic mass is 9.97. The minimum absolute atomic E-state index is 0.268. The maximum atomic E-state index is 13.0. The number of aromatic nitrogens is 1. The molecule has 1 saturated heterocycles. The molecule has 3 aromatic carbocycles. The summed E-state index contributed by atoms with van der Waals surface area (Å²) in [6.07, 6.45) is 1.53. The van der Waals surface area contributed by atoms with E-state index >= 15 is 0 Å². The second-order valence-corrected chi connectivity index (χ2v) is 13.0. The number of morpholine rings is 1. The highest BCUT2D eigenvalue weighted by molar-refractivity contribution is 9.10. The van der Waals surface area contributed by atoms with E-state index in [1.807, 2.05) is 42.6 Å². The average molecular weight is 689 g/mol. The van der Waals surface area contributed by atoms with Crippen molar-refractivity contribution in [3.63, 3.8) is 0 Å². The van der Waals surface area contributed by atoms with Gasteiger partial charge < -0.3 is 34.7 Å². The molecule has 2 heterocycles. The summed E-state index contributed by atoms with van der Waals surface area (Å²) in [7, 11) is 1.32. The smallest absolute Gasteiger partial charge is 0.407 e. The van der Waals surface area contributed by atoms with Gasteiger partial charge in [0, 0.05) is 46.0 Å². The van der Waals surface area contributed by atoms with E-state index in [-0.39, 0.29) is 5.56 Å². The number of esters is 1. The number of H-pyrrole nitrogens is 1. The second-order valence-electron chi connectivity index (χ2n) is 12.1. The number of hydrogen-bond donors (Lipinski definition) is 3. The van der Waals surface area contributed by atoms with Crippen LogP contribution in [0.1, 0.15) is 36.7 Å². The van der Waals surface area contributed by atoms with Gasteiger partial charge in [-0.1, -0.05) is 34.1 Å². The zero-order valence-electron chi connectivity index (χ0n) is 26.4. The van der Waals surface area contributed by atoms with E-state index in [1.165, 1.54) is 7.11 Å². The fourth-order valence-electron chi connectivity index (χ4n) is 5.47. The molecule has 3 N–H and O–H groups in total. The van der Waals surface area contributed by atoms with E-state index in [2.05, 4.69) is 54.6 Å². The highest BCUT2D eigenvalue weighted by Crippen LogP contribution is 2.30. The highest BCUT2D eigenvalue weighted by atomic mass is 79.9. The zero-order valence-corrected chi connectivity index (χ0v) is 27.9. The topological polar surface area (TPSA) is 129 Å². The summed E-state index contributed by atoms with van der Waals surface area (Å²) in [6.45, 7) is 8.42. The number of benzene rings is 3. The standard InChI is InChI=1S/C35H38BrN5O5/c1-35(2,3)46-34(43)40-31(18-24-21-38-29-12-8-25(36)19-27(24)29)32(20-37)39-30-11-7-23(17-28(30)33(42)44-4)22-5-9-26(10-6-22)41-13-15-45-16-14-41/h5-12,17,19,21,31-32,38-39H,13-16,18H2,1-4H3,(H,40,43)/t31-,32-/m0/s1. The maximum Gasteiger partial charge on any atom is 0.407 e. The van der Waals surface area contributed by atoms with E-state index in [1.54, 1.807) is 32.9 Å². The van der Waals surface area contributed by atoms with Crippen LogP contribution in [0.3, 0.4) is 0 Å². The molecule has 11 heteroatoms. The van der Waals surface area contributed by atoms with E-state index in [9.17, 15) is 14.9 Å². The molecule has 5 rings (SSSR count). The van der Waals surface area contributed by atoms with Gasteiger partial charge in [-0.05, 0) is 86.3 Å². The fraction of sp³-hybridized carbons (Fsp3) is 0.343. The summed E-state index contributed by atoms with van der Waals surface area (Å²) >= 11 is 3.53. The molecule has 0 aliphatic carbocycles. The van der Waals surface area contributed by atoms with Gasteiger partial charge in [-0.25, -0.2) is 9.59 Å². The van der Waals surface area contributed by atoms with Crippen molar-refractivity contribution < 1.29 is 23.8 Å². The second kappa shape index (κ2) is 14.3. The lowest BCUT2D eigenvalue weighted by Gasteiger charge is -2.29. The Kier molecular flexibility index (Phi) is 10.2. The number of alkyl carbamates (subject to hydrolysis) is 1. The minimum Gasteiger partial charge on any atom is -0.465 e. The number of halogens is 1. The number of anilines is 2. The minimum atomic E-state index is -0.938. The van der Waals surface area contributed by atoms with Crippen LogP contribution in [0.25, 0.3) is 22.0 Å². The van der Waals surface area contributed by atoms with Crippen molar-refractivity contribution in [1.82, 2.24) is 10.3 Å². The Hall–Kier alpha value is -4.53. The molecule has 2 atom stereocenters.